The van der Waals surface area contributed by atoms with Gasteiger partial charge in [0, 0.05) is 4.90 Å². The molecule has 2 aromatic rings. The Labute approximate surface area is 163 Å². The summed E-state index contributed by atoms with van der Waals surface area (Å²) in [6.45, 7) is 0.587. The van der Waals surface area contributed by atoms with E-state index in [4.69, 9.17) is 4.74 Å². The smallest absolute Gasteiger partial charge is 0.305 e. The second kappa shape index (κ2) is 9.06. The summed E-state index contributed by atoms with van der Waals surface area (Å²) in [5.41, 5.74) is 3.03. The van der Waals surface area contributed by atoms with E-state index in [1.807, 2.05) is 48.7 Å². The van der Waals surface area contributed by atoms with Gasteiger partial charge in [-0.3, -0.25) is 9.59 Å². The Hall–Kier alpha value is -2.31. The van der Waals surface area contributed by atoms with Crippen molar-refractivity contribution >= 4 is 23.6 Å². The summed E-state index contributed by atoms with van der Waals surface area (Å²) in [6, 6.07) is 15.0. The second-order valence-electron chi connectivity index (χ2n) is 6.50. The summed E-state index contributed by atoms with van der Waals surface area (Å²) in [4.78, 5) is 25.0. The molecular weight excluding hydrogens is 362 g/mol. The minimum atomic E-state index is -0.950. The largest absolute Gasteiger partial charge is 0.481 e. The van der Waals surface area contributed by atoms with Crippen LogP contribution < -0.4 is 5.32 Å². The highest BCUT2D eigenvalue weighted by Crippen LogP contribution is 2.30. The van der Waals surface area contributed by atoms with Gasteiger partial charge in [0.2, 0.25) is 5.91 Å². The maximum atomic E-state index is 12.6. The second-order valence-corrected chi connectivity index (χ2v) is 7.38. The van der Waals surface area contributed by atoms with Gasteiger partial charge in [0.25, 0.3) is 0 Å². The van der Waals surface area contributed by atoms with Gasteiger partial charge < -0.3 is 15.2 Å². The van der Waals surface area contributed by atoms with Crippen LogP contribution in [0.15, 0.2) is 53.4 Å². The maximum absolute atomic E-state index is 12.6. The van der Waals surface area contributed by atoms with Crippen molar-refractivity contribution in [1.29, 1.82) is 0 Å². The van der Waals surface area contributed by atoms with Gasteiger partial charge in [0.15, 0.2) is 0 Å². The fraction of sp³-hybridized carbons (Fsp3) is 0.333. The number of carbonyl (C=O) groups excluding carboxylic acids is 1. The lowest BCUT2D eigenvalue weighted by Gasteiger charge is -2.26. The summed E-state index contributed by atoms with van der Waals surface area (Å²) in [6.07, 6.45) is 2.55. The summed E-state index contributed by atoms with van der Waals surface area (Å²) in [5, 5.41) is 12.1. The zero-order valence-electron chi connectivity index (χ0n) is 15.2. The van der Waals surface area contributed by atoms with Crippen LogP contribution in [0.5, 0.6) is 0 Å². The molecule has 1 aliphatic rings. The van der Waals surface area contributed by atoms with Crippen molar-refractivity contribution in [3.63, 3.8) is 0 Å². The van der Waals surface area contributed by atoms with Gasteiger partial charge in [0.1, 0.15) is 0 Å². The van der Waals surface area contributed by atoms with Gasteiger partial charge in [0.05, 0.1) is 31.6 Å². The highest BCUT2D eigenvalue weighted by molar-refractivity contribution is 7.98. The Balaban J connectivity index is 1.70. The fourth-order valence-electron chi connectivity index (χ4n) is 3.33. The zero-order chi connectivity index (χ0) is 19.2. The monoisotopic (exact) mass is 385 g/mol. The first kappa shape index (κ1) is 19.5. The number of nitrogens with one attached hydrogen (secondary N) is 1. The number of carboxylic acid groups (broad SMARTS) is 1. The molecule has 1 aliphatic heterocycles. The molecule has 5 nitrogen and oxygen atoms in total. The van der Waals surface area contributed by atoms with Crippen LogP contribution in [0.2, 0.25) is 0 Å². The molecule has 2 atom stereocenters. The van der Waals surface area contributed by atoms with E-state index in [0.29, 0.717) is 6.61 Å². The molecule has 0 bridgehead atoms. The predicted octanol–water partition coefficient (Wildman–Crippen LogP) is 3.74. The van der Waals surface area contributed by atoms with Crippen LogP contribution in [-0.4, -0.2) is 29.8 Å². The molecule has 3 rings (SSSR count). The van der Waals surface area contributed by atoms with Crippen LogP contribution in [-0.2, 0) is 20.7 Å². The first-order valence-corrected chi connectivity index (χ1v) is 10.1. The SMILES string of the molecule is CSc1ccc(C(CC(=O)O)NC(=O)CC2OCCc3ccccc32)cc1. The number of carboxylic acids is 1. The molecule has 0 aliphatic carbocycles. The Morgan fingerprint density at radius 2 is 1.96 bits per heavy atom. The molecule has 6 heteroatoms. The van der Waals surface area contributed by atoms with E-state index >= 15 is 0 Å². The van der Waals surface area contributed by atoms with Crippen molar-refractivity contribution in [3.8, 4) is 0 Å². The lowest BCUT2D eigenvalue weighted by molar-refractivity contribution is -0.137. The van der Waals surface area contributed by atoms with Crippen LogP contribution in [0, 0.1) is 0 Å². The first-order chi connectivity index (χ1) is 13.1. The average molecular weight is 385 g/mol. The van der Waals surface area contributed by atoms with Gasteiger partial charge in [-0.05, 0) is 41.5 Å². The molecule has 0 saturated carbocycles. The van der Waals surface area contributed by atoms with E-state index in [2.05, 4.69) is 11.4 Å². The van der Waals surface area contributed by atoms with E-state index in [9.17, 15) is 14.7 Å². The van der Waals surface area contributed by atoms with Crippen molar-refractivity contribution in [2.75, 3.05) is 12.9 Å². The van der Waals surface area contributed by atoms with E-state index in [0.717, 1.165) is 22.4 Å². The lowest BCUT2D eigenvalue weighted by atomic mass is 9.95. The van der Waals surface area contributed by atoms with Gasteiger partial charge in [-0.2, -0.15) is 0 Å². The van der Waals surface area contributed by atoms with Crippen molar-refractivity contribution < 1.29 is 19.4 Å². The normalized spacial score (nSPS) is 17.0. The molecule has 0 fully saturated rings. The Bertz CT molecular complexity index is 806. The third-order valence-electron chi connectivity index (χ3n) is 4.70. The van der Waals surface area contributed by atoms with E-state index in [-0.39, 0.29) is 24.9 Å². The van der Waals surface area contributed by atoms with Crippen LogP contribution in [0.25, 0.3) is 0 Å². The Kier molecular flexibility index (Phi) is 6.53. The predicted molar refractivity (Wildman–Crippen MR) is 105 cm³/mol. The quantitative estimate of drug-likeness (QED) is 0.710. The molecule has 2 N–H and O–H groups in total. The standard InChI is InChI=1S/C21H23NO4S/c1-27-16-8-6-15(7-9-16)18(12-21(24)25)22-20(23)13-19-17-5-3-2-4-14(17)10-11-26-19/h2-9,18-19H,10-13H2,1H3,(H,22,23)(H,24,25). The van der Waals surface area contributed by atoms with Crippen LogP contribution in [0.1, 0.15) is 41.7 Å². The number of hydrogen-bond donors (Lipinski definition) is 2. The molecule has 142 valence electrons. The van der Waals surface area contributed by atoms with Crippen LogP contribution >= 0.6 is 11.8 Å². The van der Waals surface area contributed by atoms with Crippen LogP contribution in [0.3, 0.4) is 0 Å². The number of benzene rings is 2. The van der Waals surface area contributed by atoms with E-state index in [1.165, 1.54) is 5.56 Å². The van der Waals surface area contributed by atoms with E-state index in [1.54, 1.807) is 11.8 Å². The third-order valence-corrected chi connectivity index (χ3v) is 5.44. The zero-order valence-corrected chi connectivity index (χ0v) is 16.0. The van der Waals surface area contributed by atoms with Crippen molar-refractivity contribution in [2.45, 2.75) is 36.3 Å². The number of hydrogen-bond acceptors (Lipinski definition) is 4. The molecule has 0 saturated heterocycles. The van der Waals surface area contributed by atoms with Crippen molar-refractivity contribution in [2.24, 2.45) is 0 Å². The minimum absolute atomic E-state index is 0.160. The molecule has 0 spiro atoms. The number of aliphatic carboxylic acids is 1. The molecule has 2 aromatic carbocycles. The van der Waals surface area contributed by atoms with Crippen LogP contribution in [0.4, 0.5) is 0 Å². The Morgan fingerprint density at radius 1 is 1.22 bits per heavy atom. The highest BCUT2D eigenvalue weighted by Gasteiger charge is 2.25. The Morgan fingerprint density at radius 3 is 2.67 bits per heavy atom. The first-order valence-electron chi connectivity index (χ1n) is 8.91. The summed E-state index contributed by atoms with van der Waals surface area (Å²) in [7, 11) is 0. The molecule has 2 unspecified atom stereocenters. The number of ether oxygens (including phenoxy) is 1. The number of rotatable bonds is 7. The van der Waals surface area contributed by atoms with Gasteiger partial charge in [-0.25, -0.2) is 0 Å². The molecule has 0 radical (unpaired) electrons. The number of fused-ring (bicyclic) bond motifs is 1. The summed E-state index contributed by atoms with van der Waals surface area (Å²) in [5.74, 6) is -1.16. The topological polar surface area (TPSA) is 75.6 Å². The third kappa shape index (κ3) is 5.11. The fourth-order valence-corrected chi connectivity index (χ4v) is 3.74. The molecule has 0 aromatic heterocycles. The average Bonchev–Trinajstić information content (AvgIpc) is 2.67. The van der Waals surface area contributed by atoms with Crippen molar-refractivity contribution in [1.82, 2.24) is 5.32 Å². The maximum Gasteiger partial charge on any atom is 0.305 e. The number of carbonyl (C=O) groups is 2. The van der Waals surface area contributed by atoms with E-state index < -0.39 is 12.0 Å². The van der Waals surface area contributed by atoms with Gasteiger partial charge in [-0.1, -0.05) is 36.4 Å². The summed E-state index contributed by atoms with van der Waals surface area (Å²) >= 11 is 1.61. The van der Waals surface area contributed by atoms with Gasteiger partial charge in [-0.15, -0.1) is 11.8 Å². The summed E-state index contributed by atoms with van der Waals surface area (Å²) < 4.78 is 5.79. The molecule has 27 heavy (non-hydrogen) atoms. The highest BCUT2D eigenvalue weighted by atomic mass is 32.2. The lowest BCUT2D eigenvalue weighted by Crippen LogP contribution is -2.32. The van der Waals surface area contributed by atoms with Gasteiger partial charge >= 0.3 is 5.97 Å². The minimum Gasteiger partial charge on any atom is -0.481 e. The molecule has 1 amide bonds. The molecule has 1 heterocycles. The molecular formula is C21H23NO4S. The number of amides is 1. The van der Waals surface area contributed by atoms with Crippen molar-refractivity contribution in [3.05, 3.63) is 65.2 Å². The number of thioether (sulfide) groups is 1.